The molecule has 1 aromatic carbocycles. The minimum Gasteiger partial charge on any atom is -0.387 e. The molecule has 8 heteroatoms. The summed E-state index contributed by atoms with van der Waals surface area (Å²) in [4.78, 5) is 17.0. The van der Waals surface area contributed by atoms with Crippen molar-refractivity contribution in [3.63, 3.8) is 0 Å². The summed E-state index contributed by atoms with van der Waals surface area (Å²) in [5.74, 6) is 0.579. The lowest BCUT2D eigenvalue weighted by Gasteiger charge is -2.30. The first kappa shape index (κ1) is 18.2. The minimum absolute atomic E-state index is 0.191. The van der Waals surface area contributed by atoms with Gasteiger partial charge in [-0.3, -0.25) is 0 Å². The fourth-order valence-electron chi connectivity index (χ4n) is 3.57. The molecule has 4 aromatic rings. The van der Waals surface area contributed by atoms with Crippen LogP contribution in [0.5, 0.6) is 0 Å². The highest BCUT2D eigenvalue weighted by atomic mass is 32.1. The Morgan fingerprint density at radius 1 is 1.31 bits per heavy atom. The van der Waals surface area contributed by atoms with Gasteiger partial charge in [0.15, 0.2) is 18.1 Å². The summed E-state index contributed by atoms with van der Waals surface area (Å²) in [7, 11) is 0. The van der Waals surface area contributed by atoms with Crippen LogP contribution >= 0.6 is 11.3 Å². The van der Waals surface area contributed by atoms with Crippen LogP contribution in [0.2, 0.25) is 0 Å². The molecule has 0 bridgehead atoms. The molecule has 0 fully saturated rings. The first-order chi connectivity index (χ1) is 14.0. The quantitative estimate of drug-likeness (QED) is 0.376. The third kappa shape index (κ3) is 3.38. The standard InChI is InChI=1S/C21H21N5O2S/c1-13(14-7-5-4-6-8-14)25-28-11-17-23-19-18-15-9-21(2,3)27-10-16(15)29-20(18)22-12-26(19)24-17/h4-8,12H,9-11H2,1-3H3. The number of nitrogens with zero attached hydrogens (tertiary/aromatic N) is 5. The van der Waals surface area contributed by atoms with Gasteiger partial charge in [0.25, 0.3) is 0 Å². The van der Waals surface area contributed by atoms with E-state index in [1.807, 2.05) is 37.3 Å². The molecular formula is C21H21N5O2S. The van der Waals surface area contributed by atoms with Crippen LogP contribution in [0.25, 0.3) is 15.9 Å². The Labute approximate surface area is 172 Å². The van der Waals surface area contributed by atoms with Crippen LogP contribution in [0.1, 0.15) is 42.6 Å². The van der Waals surface area contributed by atoms with Crippen LogP contribution in [0.15, 0.2) is 41.8 Å². The monoisotopic (exact) mass is 407 g/mol. The largest absolute Gasteiger partial charge is 0.387 e. The fourth-order valence-corrected chi connectivity index (χ4v) is 4.63. The van der Waals surface area contributed by atoms with Crippen molar-refractivity contribution < 1.29 is 9.57 Å². The van der Waals surface area contributed by atoms with Gasteiger partial charge in [-0.15, -0.1) is 16.4 Å². The maximum Gasteiger partial charge on any atom is 0.192 e. The highest BCUT2D eigenvalue weighted by molar-refractivity contribution is 7.19. The molecule has 0 amide bonds. The SMILES string of the molecule is CC(=NOCc1nc2c3c4c(sc3ncn2n1)COC(C)(C)C4)c1ccccc1. The molecule has 5 rings (SSSR count). The zero-order valence-corrected chi connectivity index (χ0v) is 17.4. The number of aromatic nitrogens is 4. The van der Waals surface area contributed by atoms with E-state index in [1.54, 1.807) is 22.2 Å². The lowest BCUT2D eigenvalue weighted by molar-refractivity contribution is -0.0379. The van der Waals surface area contributed by atoms with E-state index in [-0.39, 0.29) is 12.2 Å². The van der Waals surface area contributed by atoms with Gasteiger partial charge in [0.1, 0.15) is 11.2 Å². The number of oxime groups is 1. The third-order valence-electron chi connectivity index (χ3n) is 5.04. The van der Waals surface area contributed by atoms with E-state index in [0.29, 0.717) is 12.4 Å². The van der Waals surface area contributed by atoms with Crippen molar-refractivity contribution in [2.24, 2.45) is 5.16 Å². The van der Waals surface area contributed by atoms with E-state index in [9.17, 15) is 0 Å². The smallest absolute Gasteiger partial charge is 0.192 e. The molecule has 148 valence electrons. The Morgan fingerprint density at radius 3 is 2.97 bits per heavy atom. The molecule has 0 saturated heterocycles. The zero-order chi connectivity index (χ0) is 20.0. The van der Waals surface area contributed by atoms with Gasteiger partial charge in [-0.2, -0.15) is 0 Å². The van der Waals surface area contributed by atoms with Crippen molar-refractivity contribution in [1.29, 1.82) is 0 Å². The molecule has 29 heavy (non-hydrogen) atoms. The summed E-state index contributed by atoms with van der Waals surface area (Å²) >= 11 is 1.67. The van der Waals surface area contributed by atoms with Gasteiger partial charge in [-0.05, 0) is 31.9 Å². The molecule has 0 atom stereocenters. The average molecular weight is 407 g/mol. The molecule has 4 heterocycles. The number of hydrogen-bond acceptors (Lipinski definition) is 7. The van der Waals surface area contributed by atoms with E-state index in [0.717, 1.165) is 33.6 Å². The van der Waals surface area contributed by atoms with Crippen LogP contribution in [0.3, 0.4) is 0 Å². The van der Waals surface area contributed by atoms with Crippen LogP contribution in [-0.4, -0.2) is 30.9 Å². The van der Waals surface area contributed by atoms with Crippen LogP contribution in [0, 0.1) is 0 Å². The second-order valence-electron chi connectivity index (χ2n) is 7.77. The Balaban J connectivity index is 1.45. The highest BCUT2D eigenvalue weighted by Gasteiger charge is 2.30. The molecule has 0 spiro atoms. The molecule has 0 saturated carbocycles. The number of fused-ring (bicyclic) bond motifs is 5. The predicted molar refractivity (Wildman–Crippen MR) is 112 cm³/mol. The first-order valence-corrected chi connectivity index (χ1v) is 10.3. The van der Waals surface area contributed by atoms with Gasteiger partial charge < -0.3 is 9.57 Å². The normalized spacial score (nSPS) is 16.3. The summed E-state index contributed by atoms with van der Waals surface area (Å²) in [5.41, 5.74) is 3.73. The van der Waals surface area contributed by atoms with Gasteiger partial charge in [0, 0.05) is 11.3 Å². The lowest BCUT2D eigenvalue weighted by Crippen LogP contribution is -2.31. The maximum atomic E-state index is 5.96. The van der Waals surface area contributed by atoms with Crippen LogP contribution in [-0.2, 0) is 29.2 Å². The van der Waals surface area contributed by atoms with Gasteiger partial charge >= 0.3 is 0 Å². The second-order valence-corrected chi connectivity index (χ2v) is 8.85. The Bertz CT molecular complexity index is 1230. The van der Waals surface area contributed by atoms with Crippen molar-refractivity contribution in [3.05, 3.63) is 58.5 Å². The zero-order valence-electron chi connectivity index (χ0n) is 16.5. The molecule has 0 aliphatic carbocycles. The highest BCUT2D eigenvalue weighted by Crippen LogP contribution is 2.39. The Kier molecular flexibility index (Phi) is 4.33. The summed E-state index contributed by atoms with van der Waals surface area (Å²) < 4.78 is 7.68. The molecule has 0 unspecified atom stereocenters. The van der Waals surface area contributed by atoms with Crippen molar-refractivity contribution in [2.75, 3.05) is 0 Å². The van der Waals surface area contributed by atoms with Crippen molar-refractivity contribution in [2.45, 2.75) is 46.0 Å². The van der Waals surface area contributed by atoms with Crippen molar-refractivity contribution in [1.82, 2.24) is 19.6 Å². The molecule has 1 aliphatic rings. The van der Waals surface area contributed by atoms with Crippen molar-refractivity contribution in [3.8, 4) is 0 Å². The molecular weight excluding hydrogens is 386 g/mol. The molecule has 1 aliphatic heterocycles. The van der Waals surface area contributed by atoms with Crippen molar-refractivity contribution >= 4 is 32.9 Å². The van der Waals surface area contributed by atoms with Crippen LogP contribution in [0.4, 0.5) is 0 Å². The van der Waals surface area contributed by atoms with Gasteiger partial charge in [0.2, 0.25) is 0 Å². The fraction of sp³-hybridized carbons (Fsp3) is 0.333. The summed E-state index contributed by atoms with van der Waals surface area (Å²) in [6.45, 7) is 6.97. The Morgan fingerprint density at radius 2 is 2.14 bits per heavy atom. The third-order valence-corrected chi connectivity index (χ3v) is 6.15. The van der Waals surface area contributed by atoms with Gasteiger partial charge in [0.05, 0.1) is 23.3 Å². The number of thiophene rings is 1. The maximum absolute atomic E-state index is 5.96. The Hall–Kier alpha value is -2.84. The predicted octanol–water partition coefficient (Wildman–Crippen LogP) is 4.13. The van der Waals surface area contributed by atoms with Gasteiger partial charge in [-0.25, -0.2) is 14.5 Å². The number of benzene rings is 1. The van der Waals surface area contributed by atoms with E-state index in [1.165, 1.54) is 10.4 Å². The van der Waals surface area contributed by atoms with Gasteiger partial charge in [-0.1, -0.05) is 35.5 Å². The summed E-state index contributed by atoms with van der Waals surface area (Å²) in [6, 6.07) is 9.93. The molecule has 3 aromatic heterocycles. The topological polar surface area (TPSA) is 73.9 Å². The minimum atomic E-state index is -0.191. The second kappa shape index (κ2) is 6.89. The van der Waals surface area contributed by atoms with E-state index >= 15 is 0 Å². The van der Waals surface area contributed by atoms with E-state index in [2.05, 4.69) is 29.1 Å². The number of ether oxygens (including phenoxy) is 1. The number of rotatable bonds is 4. The van der Waals surface area contributed by atoms with E-state index in [4.69, 9.17) is 14.6 Å². The lowest BCUT2D eigenvalue weighted by atomic mass is 9.94. The van der Waals surface area contributed by atoms with E-state index < -0.39 is 0 Å². The molecule has 0 radical (unpaired) electrons. The summed E-state index contributed by atoms with van der Waals surface area (Å²) in [6.07, 6.45) is 2.55. The number of hydrogen-bond donors (Lipinski definition) is 0. The molecule has 0 N–H and O–H groups in total. The summed E-state index contributed by atoms with van der Waals surface area (Å²) in [5, 5.41) is 9.79. The van der Waals surface area contributed by atoms with Crippen LogP contribution < -0.4 is 0 Å². The average Bonchev–Trinajstić information content (AvgIpc) is 3.28. The first-order valence-electron chi connectivity index (χ1n) is 9.51. The molecule has 7 nitrogen and oxygen atoms in total.